The molecule has 0 saturated heterocycles. The van der Waals surface area contributed by atoms with E-state index in [9.17, 15) is 30.7 Å². The van der Waals surface area contributed by atoms with Crippen molar-refractivity contribution in [3.8, 4) is 0 Å². The van der Waals surface area contributed by atoms with Gasteiger partial charge in [0.25, 0.3) is 20.2 Å². The fraction of sp³-hybridized carbons (Fsp3) is 0.0476. The van der Waals surface area contributed by atoms with Crippen LogP contribution in [0.4, 0.5) is 28.7 Å². The van der Waals surface area contributed by atoms with Crippen LogP contribution >= 0.6 is 23.2 Å². The van der Waals surface area contributed by atoms with E-state index in [-0.39, 0.29) is 44.4 Å². The minimum absolute atomic E-state index is 0.0201. The molecule has 0 fully saturated rings. The van der Waals surface area contributed by atoms with Crippen LogP contribution in [-0.2, 0) is 25.0 Å². The number of aromatic nitrogens is 3. The standard InChI is InChI=1S/C21H15Cl2N7O7S2/c1-10(31)24-16-8-11(25-21-27-19(22)26-20(23)28-21)5-6-15(16)30-29-12-7-14-13(18(9-12)39(35,36)37)3-2-4-17(14)38(32,33)34/h2-9H,1H3,(H,24,31)(H,32,33,34)(H,35,36,37)(H,25,26,27,28). The SMILES string of the molecule is CC(=O)Nc1cc(Nc2nc(Cl)nc(Cl)n2)ccc1N=Nc1cc(S(=O)(=O)O)c2cccc(S(=O)(=O)O)c2c1. The number of hydrogen-bond donors (Lipinski definition) is 4. The van der Waals surface area contributed by atoms with Gasteiger partial charge in [0.15, 0.2) is 0 Å². The van der Waals surface area contributed by atoms with Gasteiger partial charge in [-0.25, -0.2) is 0 Å². The molecule has 1 amide bonds. The summed E-state index contributed by atoms with van der Waals surface area (Å²) >= 11 is 11.6. The fourth-order valence-corrected chi connectivity index (χ4v) is 5.21. The Hall–Kier alpha value is -3.80. The van der Waals surface area contributed by atoms with Gasteiger partial charge in [-0.3, -0.25) is 13.9 Å². The predicted octanol–water partition coefficient (Wildman–Crippen LogP) is 4.94. The van der Waals surface area contributed by atoms with Gasteiger partial charge in [-0.2, -0.15) is 36.9 Å². The van der Waals surface area contributed by atoms with Crippen LogP contribution in [0, 0.1) is 0 Å². The second kappa shape index (κ2) is 10.8. The molecule has 3 aromatic carbocycles. The molecule has 0 aliphatic rings. The average molecular weight is 612 g/mol. The van der Waals surface area contributed by atoms with Crippen LogP contribution in [0.25, 0.3) is 10.8 Å². The highest BCUT2D eigenvalue weighted by Gasteiger charge is 2.21. The van der Waals surface area contributed by atoms with Gasteiger partial charge in [0.05, 0.1) is 11.4 Å². The Bertz CT molecular complexity index is 1870. The van der Waals surface area contributed by atoms with E-state index in [1.807, 2.05) is 0 Å². The first-order valence-electron chi connectivity index (χ1n) is 10.4. The summed E-state index contributed by atoms with van der Waals surface area (Å²) in [6.45, 7) is 1.26. The third-order valence-corrected chi connectivity index (χ3v) is 7.02. The molecule has 0 saturated carbocycles. The van der Waals surface area contributed by atoms with Crippen molar-refractivity contribution in [2.75, 3.05) is 10.6 Å². The number of nitrogens with one attached hydrogen (secondary N) is 2. The van der Waals surface area contributed by atoms with Gasteiger partial charge in [0, 0.05) is 23.4 Å². The lowest BCUT2D eigenvalue weighted by Gasteiger charge is -2.11. The van der Waals surface area contributed by atoms with Crippen molar-refractivity contribution >= 4 is 88.8 Å². The van der Waals surface area contributed by atoms with E-state index in [1.54, 1.807) is 0 Å². The van der Waals surface area contributed by atoms with Crippen molar-refractivity contribution in [2.45, 2.75) is 16.7 Å². The van der Waals surface area contributed by atoms with Crippen molar-refractivity contribution < 1.29 is 30.7 Å². The number of carbonyl (C=O) groups is 1. The van der Waals surface area contributed by atoms with E-state index in [0.29, 0.717) is 5.69 Å². The molecule has 0 radical (unpaired) electrons. The molecule has 4 aromatic rings. The number of nitrogens with zero attached hydrogens (tertiary/aromatic N) is 5. The number of hydrogen-bond acceptors (Lipinski definition) is 11. The van der Waals surface area contributed by atoms with Crippen LogP contribution in [0.3, 0.4) is 0 Å². The van der Waals surface area contributed by atoms with Crippen molar-refractivity contribution in [3.05, 3.63) is 59.1 Å². The van der Waals surface area contributed by atoms with Crippen LogP contribution in [-0.4, -0.2) is 46.8 Å². The maximum Gasteiger partial charge on any atom is 0.295 e. The third-order valence-electron chi connectivity index (χ3n) is 4.88. The summed E-state index contributed by atoms with van der Waals surface area (Å²) in [5.74, 6) is -0.432. The molecular weight excluding hydrogens is 597 g/mol. The van der Waals surface area contributed by atoms with E-state index in [1.165, 1.54) is 43.3 Å². The summed E-state index contributed by atoms with van der Waals surface area (Å²) in [6.07, 6.45) is 0. The number of benzene rings is 3. The van der Waals surface area contributed by atoms with Crippen LogP contribution in [0.2, 0.25) is 10.6 Å². The summed E-state index contributed by atoms with van der Waals surface area (Å²) in [4.78, 5) is 21.9. The molecule has 0 bridgehead atoms. The lowest BCUT2D eigenvalue weighted by atomic mass is 10.1. The third kappa shape index (κ3) is 6.80. The first-order chi connectivity index (χ1) is 18.2. The normalized spacial score (nSPS) is 12.1. The zero-order valence-electron chi connectivity index (χ0n) is 19.4. The Morgan fingerprint density at radius 3 is 2.13 bits per heavy atom. The zero-order chi connectivity index (χ0) is 28.5. The zero-order valence-corrected chi connectivity index (χ0v) is 22.5. The van der Waals surface area contributed by atoms with Crippen LogP contribution in [0.15, 0.2) is 68.6 Å². The lowest BCUT2D eigenvalue weighted by Crippen LogP contribution is -2.06. The molecular formula is C21H15Cl2N7O7S2. The number of amides is 1. The van der Waals surface area contributed by atoms with Gasteiger partial charge in [0.2, 0.25) is 22.4 Å². The highest BCUT2D eigenvalue weighted by atomic mass is 35.5. The van der Waals surface area contributed by atoms with Gasteiger partial charge in [-0.15, -0.1) is 5.11 Å². The molecule has 0 aliphatic heterocycles. The molecule has 18 heteroatoms. The van der Waals surface area contributed by atoms with Crippen LogP contribution < -0.4 is 10.6 Å². The number of azo groups is 1. The molecule has 4 N–H and O–H groups in total. The number of anilines is 3. The summed E-state index contributed by atoms with van der Waals surface area (Å²) in [5, 5.41) is 12.7. The number of carbonyl (C=O) groups excluding carboxylic acids is 1. The first-order valence-corrected chi connectivity index (χ1v) is 14.0. The second-order valence-electron chi connectivity index (χ2n) is 7.68. The van der Waals surface area contributed by atoms with E-state index >= 15 is 0 Å². The second-order valence-corrected chi connectivity index (χ2v) is 11.1. The largest absolute Gasteiger partial charge is 0.324 e. The highest BCUT2D eigenvalue weighted by molar-refractivity contribution is 7.86. The molecule has 0 aliphatic carbocycles. The van der Waals surface area contributed by atoms with Crippen molar-refractivity contribution in [3.63, 3.8) is 0 Å². The predicted molar refractivity (Wildman–Crippen MR) is 142 cm³/mol. The highest BCUT2D eigenvalue weighted by Crippen LogP contribution is 2.35. The topological polar surface area (TPSA) is 213 Å². The first kappa shape index (κ1) is 28.2. The summed E-state index contributed by atoms with van der Waals surface area (Å²) in [6, 6.07) is 10.1. The number of halogens is 2. The fourth-order valence-electron chi connectivity index (χ4n) is 3.42. The molecule has 1 aromatic heterocycles. The van der Waals surface area contributed by atoms with Gasteiger partial charge in [-0.1, -0.05) is 12.1 Å². The minimum Gasteiger partial charge on any atom is -0.324 e. The van der Waals surface area contributed by atoms with Crippen molar-refractivity contribution in [1.82, 2.24) is 15.0 Å². The summed E-state index contributed by atoms with van der Waals surface area (Å²) < 4.78 is 67.1. The van der Waals surface area contributed by atoms with Gasteiger partial charge >= 0.3 is 0 Å². The van der Waals surface area contributed by atoms with Crippen molar-refractivity contribution in [2.24, 2.45) is 10.2 Å². The smallest absolute Gasteiger partial charge is 0.295 e. The quantitative estimate of drug-likeness (QED) is 0.162. The number of rotatable bonds is 7. The minimum atomic E-state index is -4.84. The Balaban J connectivity index is 1.80. The summed E-state index contributed by atoms with van der Waals surface area (Å²) in [5.41, 5.74) is 0.473. The molecule has 0 unspecified atom stereocenters. The van der Waals surface area contributed by atoms with Gasteiger partial charge in [0.1, 0.15) is 15.5 Å². The van der Waals surface area contributed by atoms with Crippen molar-refractivity contribution in [1.29, 1.82) is 0 Å². The molecule has 4 rings (SSSR count). The van der Waals surface area contributed by atoms with E-state index in [2.05, 4.69) is 35.8 Å². The maximum absolute atomic E-state index is 12.0. The van der Waals surface area contributed by atoms with Crippen LogP contribution in [0.5, 0.6) is 0 Å². The molecule has 0 atom stereocenters. The molecule has 39 heavy (non-hydrogen) atoms. The molecule has 14 nitrogen and oxygen atoms in total. The Morgan fingerprint density at radius 2 is 1.51 bits per heavy atom. The van der Waals surface area contributed by atoms with Gasteiger partial charge in [-0.05, 0) is 59.6 Å². The molecule has 202 valence electrons. The Morgan fingerprint density at radius 1 is 0.846 bits per heavy atom. The maximum atomic E-state index is 12.0. The lowest BCUT2D eigenvalue weighted by molar-refractivity contribution is -0.114. The Kier molecular flexibility index (Phi) is 7.78. The van der Waals surface area contributed by atoms with E-state index in [4.69, 9.17) is 23.2 Å². The monoisotopic (exact) mass is 611 g/mol. The van der Waals surface area contributed by atoms with E-state index < -0.39 is 35.9 Å². The van der Waals surface area contributed by atoms with Crippen LogP contribution in [0.1, 0.15) is 6.92 Å². The number of fused-ring (bicyclic) bond motifs is 1. The average Bonchev–Trinajstić information content (AvgIpc) is 2.80. The summed E-state index contributed by atoms with van der Waals surface area (Å²) in [7, 11) is -9.61. The molecule has 0 spiro atoms. The molecule has 1 heterocycles. The Labute approximate surface area is 230 Å². The van der Waals surface area contributed by atoms with E-state index in [0.717, 1.165) is 12.1 Å². The van der Waals surface area contributed by atoms with Gasteiger partial charge < -0.3 is 10.6 Å².